The van der Waals surface area contributed by atoms with Crippen LogP contribution in [0, 0.1) is 0 Å². The third kappa shape index (κ3) is 8.95. The zero-order valence-electron chi connectivity index (χ0n) is 24.7. The van der Waals surface area contributed by atoms with E-state index in [2.05, 4.69) is 33.9 Å². The summed E-state index contributed by atoms with van der Waals surface area (Å²) in [6, 6.07) is 9.63. The van der Waals surface area contributed by atoms with Crippen molar-refractivity contribution in [3.8, 4) is 0 Å². The van der Waals surface area contributed by atoms with Crippen molar-refractivity contribution in [1.29, 1.82) is 0 Å². The molecule has 42 heavy (non-hydrogen) atoms. The summed E-state index contributed by atoms with van der Waals surface area (Å²) in [5.41, 5.74) is 0.980. The molecular weight excluding hydrogens is 560 g/mol. The minimum atomic E-state index is -2.07. The summed E-state index contributed by atoms with van der Waals surface area (Å²) in [6.07, 6.45) is 3.64. The lowest BCUT2D eigenvalue weighted by atomic mass is 10.1. The molecule has 228 valence electrons. The van der Waals surface area contributed by atoms with Gasteiger partial charge in [0.2, 0.25) is 0 Å². The van der Waals surface area contributed by atoms with E-state index >= 15 is 0 Å². The van der Waals surface area contributed by atoms with Crippen LogP contribution in [0.3, 0.4) is 0 Å². The minimum Gasteiger partial charge on any atom is -0.414 e. The minimum absolute atomic E-state index is 0.00772. The van der Waals surface area contributed by atoms with E-state index in [0.717, 1.165) is 5.56 Å². The molecule has 0 aliphatic carbocycles. The van der Waals surface area contributed by atoms with Gasteiger partial charge < -0.3 is 32.8 Å². The van der Waals surface area contributed by atoms with E-state index in [0.29, 0.717) is 6.61 Å². The van der Waals surface area contributed by atoms with Crippen molar-refractivity contribution in [2.45, 2.75) is 82.7 Å². The summed E-state index contributed by atoms with van der Waals surface area (Å²) in [6.45, 7) is 10.8. The molecule has 3 aliphatic rings. The Morgan fingerprint density at radius 1 is 0.667 bits per heavy atom. The third-order valence-corrected chi connectivity index (χ3v) is 12.1. The molecule has 11 heteroatoms. The monoisotopic (exact) mass is 600 g/mol. The number of ketones is 3. The highest BCUT2D eigenvalue weighted by molar-refractivity contribution is 6.74. The molecule has 0 aromatic heterocycles. The van der Waals surface area contributed by atoms with Gasteiger partial charge in [-0.1, -0.05) is 51.1 Å². The summed E-state index contributed by atoms with van der Waals surface area (Å²) in [5.74, 6) is -0.754. The van der Waals surface area contributed by atoms with Crippen molar-refractivity contribution in [2.24, 2.45) is 0 Å². The van der Waals surface area contributed by atoms with Crippen LogP contribution in [-0.4, -0.2) is 82.7 Å². The molecule has 0 saturated carbocycles. The van der Waals surface area contributed by atoms with Crippen LogP contribution in [0.1, 0.15) is 26.3 Å². The highest BCUT2D eigenvalue weighted by Gasteiger charge is 2.39. The van der Waals surface area contributed by atoms with E-state index in [-0.39, 0.29) is 42.2 Å². The van der Waals surface area contributed by atoms with Gasteiger partial charge in [0.05, 0.1) is 26.4 Å². The number of carbonyl (C=O) groups excluding carboxylic acids is 3. The van der Waals surface area contributed by atoms with Gasteiger partial charge in [-0.05, 0) is 60.2 Å². The van der Waals surface area contributed by atoms with Gasteiger partial charge in [-0.15, -0.1) is 0 Å². The summed E-state index contributed by atoms with van der Waals surface area (Å²) in [7, 11) is -2.07. The summed E-state index contributed by atoms with van der Waals surface area (Å²) < 4.78 is 40.7. The largest absolute Gasteiger partial charge is 0.414 e. The second-order valence-corrected chi connectivity index (χ2v) is 16.6. The van der Waals surface area contributed by atoms with Crippen molar-refractivity contribution in [2.75, 3.05) is 19.8 Å². The third-order valence-electron chi connectivity index (χ3n) is 7.58. The highest BCUT2D eigenvalue weighted by Crippen LogP contribution is 2.36. The Bertz CT molecular complexity index is 1190. The fourth-order valence-electron chi connectivity index (χ4n) is 3.93. The molecule has 1 aromatic carbocycles. The quantitative estimate of drug-likeness (QED) is 0.328. The van der Waals surface area contributed by atoms with Crippen molar-refractivity contribution >= 4 is 25.7 Å². The lowest BCUT2D eigenvalue weighted by Gasteiger charge is -2.37. The molecular formula is C31H40O10Si. The van der Waals surface area contributed by atoms with E-state index in [4.69, 9.17) is 32.8 Å². The second kappa shape index (κ2) is 14.2. The second-order valence-electron chi connectivity index (χ2n) is 11.8. The average molecular weight is 601 g/mol. The molecule has 0 unspecified atom stereocenters. The van der Waals surface area contributed by atoms with E-state index in [1.165, 1.54) is 30.4 Å². The smallest absolute Gasteiger partial charge is 0.192 e. The van der Waals surface area contributed by atoms with Gasteiger partial charge in [0.25, 0.3) is 0 Å². The normalized spacial score (nSPS) is 28.5. The summed E-state index contributed by atoms with van der Waals surface area (Å²) in [4.78, 5) is 37.2. The summed E-state index contributed by atoms with van der Waals surface area (Å²) in [5, 5.41) is -0.00772. The number of carbonyl (C=O) groups is 3. The van der Waals surface area contributed by atoms with Gasteiger partial charge in [0.1, 0.15) is 18.3 Å². The fraction of sp³-hybridized carbons (Fsp3) is 0.516. The van der Waals surface area contributed by atoms with Crippen molar-refractivity contribution < 1.29 is 47.2 Å². The number of rotatable bonds is 12. The topological polar surface area (TPSA) is 116 Å². The van der Waals surface area contributed by atoms with Crippen LogP contribution >= 0.6 is 0 Å². The van der Waals surface area contributed by atoms with Crippen LogP contribution in [-0.2, 0) is 53.8 Å². The van der Waals surface area contributed by atoms with Crippen LogP contribution in [0.5, 0.6) is 0 Å². The molecule has 0 saturated heterocycles. The fourth-order valence-corrected chi connectivity index (χ4v) is 4.93. The maximum Gasteiger partial charge on any atom is 0.192 e. The Labute approximate surface area is 247 Å². The molecule has 3 aliphatic heterocycles. The van der Waals surface area contributed by atoms with Gasteiger partial charge in [0, 0.05) is 0 Å². The predicted octanol–water partition coefficient (Wildman–Crippen LogP) is 3.81. The Morgan fingerprint density at radius 3 is 1.55 bits per heavy atom. The number of benzene rings is 1. The molecule has 6 atom stereocenters. The molecule has 0 N–H and O–H groups in total. The molecule has 0 radical (unpaired) electrons. The first-order valence-electron chi connectivity index (χ1n) is 14.1. The van der Waals surface area contributed by atoms with E-state index < -0.39 is 45.5 Å². The first kappa shape index (κ1) is 32.3. The molecule has 0 fully saturated rings. The summed E-state index contributed by atoms with van der Waals surface area (Å²) >= 11 is 0. The maximum atomic E-state index is 12.4. The Hall–Kier alpha value is -2.61. The lowest BCUT2D eigenvalue weighted by Crippen LogP contribution is -2.46. The van der Waals surface area contributed by atoms with Crippen LogP contribution < -0.4 is 0 Å². The number of hydrogen-bond acceptors (Lipinski definition) is 10. The molecule has 10 nitrogen and oxygen atoms in total. The first-order valence-corrected chi connectivity index (χ1v) is 17.0. The zero-order valence-corrected chi connectivity index (χ0v) is 25.7. The zero-order chi connectivity index (χ0) is 30.3. The Morgan fingerprint density at radius 2 is 1.10 bits per heavy atom. The van der Waals surface area contributed by atoms with E-state index in [1.807, 2.05) is 30.3 Å². The molecule has 0 spiro atoms. The van der Waals surface area contributed by atoms with Gasteiger partial charge >= 0.3 is 0 Å². The van der Waals surface area contributed by atoms with Gasteiger partial charge in [-0.2, -0.15) is 0 Å². The van der Waals surface area contributed by atoms with Crippen LogP contribution in [0.4, 0.5) is 0 Å². The molecule has 0 amide bonds. The lowest BCUT2D eigenvalue weighted by molar-refractivity contribution is -0.213. The van der Waals surface area contributed by atoms with Crippen LogP contribution in [0.25, 0.3) is 0 Å². The average Bonchev–Trinajstić information content (AvgIpc) is 2.96. The van der Waals surface area contributed by atoms with E-state index in [1.54, 1.807) is 6.08 Å². The predicted molar refractivity (Wildman–Crippen MR) is 155 cm³/mol. The number of hydrogen-bond donors (Lipinski definition) is 0. The van der Waals surface area contributed by atoms with Crippen molar-refractivity contribution in [3.05, 3.63) is 72.4 Å². The van der Waals surface area contributed by atoms with Gasteiger partial charge in [0.15, 0.2) is 44.5 Å². The van der Waals surface area contributed by atoms with Gasteiger partial charge in [-0.3, -0.25) is 14.4 Å². The van der Waals surface area contributed by atoms with E-state index in [9.17, 15) is 14.4 Å². The van der Waals surface area contributed by atoms with Crippen LogP contribution in [0.15, 0.2) is 66.8 Å². The van der Waals surface area contributed by atoms with Gasteiger partial charge in [-0.25, -0.2) is 0 Å². The first-order chi connectivity index (χ1) is 19.9. The van der Waals surface area contributed by atoms with Crippen molar-refractivity contribution in [1.82, 2.24) is 0 Å². The highest BCUT2D eigenvalue weighted by atomic mass is 28.4. The number of ether oxygens (including phenoxy) is 6. The maximum absolute atomic E-state index is 12.4. The Kier molecular flexibility index (Phi) is 11.0. The molecule has 4 rings (SSSR count). The van der Waals surface area contributed by atoms with Crippen LogP contribution in [0.2, 0.25) is 18.1 Å². The standard InChI is InChI=1S/C31H40O10Si/c1-31(2,3)42(4,5)38-20-27-24(34)13-16-30(41-27)37-19-26-23(33)12-15-29(40-26)36-18-25-22(32)11-14-28(39-25)35-17-21-9-7-6-8-10-21/h6-16,25-30H,17-20H2,1-5H3/t25-,26-,27-,28+,29+,30+/m0/s1. The molecule has 3 heterocycles. The SMILES string of the molecule is CC(C)(C)[Si](C)(C)OC[C@@H]1O[C@@H](OC[C@@H]2O[C@@H](OC[C@@H]3O[C@@H](OCc4ccccc4)C=CC3=O)C=CC2=O)C=CC1=O. The Balaban J connectivity index is 1.22. The molecule has 1 aromatic rings. The van der Waals surface area contributed by atoms with Crippen molar-refractivity contribution in [3.63, 3.8) is 0 Å². The molecule has 0 bridgehead atoms.